The van der Waals surface area contributed by atoms with Crippen LogP contribution in [0, 0.1) is 0 Å². The average molecular weight is 284 g/mol. The van der Waals surface area contributed by atoms with Crippen LogP contribution in [0.1, 0.15) is 37.2 Å². The van der Waals surface area contributed by atoms with Gasteiger partial charge in [0, 0.05) is 23.8 Å². The molecule has 3 rings (SSSR count). The number of fused-ring (bicyclic) bond motifs is 1. The molecule has 21 heavy (non-hydrogen) atoms. The van der Waals surface area contributed by atoms with Crippen LogP contribution in [-0.4, -0.2) is 12.6 Å². The van der Waals surface area contributed by atoms with Crippen LogP contribution < -0.4 is 10.2 Å². The van der Waals surface area contributed by atoms with E-state index in [9.17, 15) is 0 Å². The molecule has 1 aliphatic rings. The molecular weight excluding hydrogens is 260 g/mol. The van der Waals surface area contributed by atoms with Gasteiger partial charge >= 0.3 is 0 Å². The molecule has 0 saturated heterocycles. The predicted octanol–water partition coefficient (Wildman–Crippen LogP) is 3.73. The molecule has 1 aliphatic heterocycles. The van der Waals surface area contributed by atoms with Crippen molar-refractivity contribution in [2.75, 3.05) is 11.4 Å². The zero-order valence-electron chi connectivity index (χ0n) is 12.9. The molecule has 1 atom stereocenters. The van der Waals surface area contributed by atoms with Gasteiger partial charge in [-0.2, -0.15) is 0 Å². The molecule has 0 amide bonds. The van der Waals surface area contributed by atoms with Crippen LogP contribution in [0.2, 0.25) is 0 Å². The second kappa shape index (κ2) is 6.35. The maximum Gasteiger partial charge on any atom is 0.122 e. The molecule has 0 aliphatic carbocycles. The van der Waals surface area contributed by atoms with Gasteiger partial charge in [-0.25, -0.2) is 0 Å². The van der Waals surface area contributed by atoms with E-state index in [0.29, 0.717) is 6.04 Å². The molecule has 1 unspecified atom stereocenters. The Balaban J connectivity index is 1.74. The van der Waals surface area contributed by atoms with Gasteiger partial charge in [-0.05, 0) is 44.0 Å². The summed E-state index contributed by atoms with van der Waals surface area (Å²) in [7, 11) is 0. The zero-order chi connectivity index (χ0) is 14.7. The molecule has 1 N–H and O–H groups in total. The van der Waals surface area contributed by atoms with E-state index in [0.717, 1.165) is 38.2 Å². The molecule has 0 fully saturated rings. The summed E-state index contributed by atoms with van der Waals surface area (Å²) in [5, 5.41) is 3.42. The molecule has 3 heteroatoms. The minimum Gasteiger partial charge on any atom is -0.468 e. The Morgan fingerprint density at radius 1 is 1.29 bits per heavy atom. The number of furan rings is 1. The summed E-state index contributed by atoms with van der Waals surface area (Å²) < 4.78 is 5.66. The number of hydrogen-bond donors (Lipinski definition) is 1. The van der Waals surface area contributed by atoms with Gasteiger partial charge in [-0.15, -0.1) is 0 Å². The Morgan fingerprint density at radius 2 is 2.14 bits per heavy atom. The standard InChI is InChI=1S/C18H24N2O/c1-3-9-19-12-18-16(8-10-21-18)13-20-14(2)11-15-6-4-5-7-17(15)20/h4-8,10,14,19H,3,9,11-13H2,1-2H3. The van der Waals surface area contributed by atoms with Crippen LogP contribution in [-0.2, 0) is 19.5 Å². The van der Waals surface area contributed by atoms with Gasteiger partial charge in [0.05, 0.1) is 12.8 Å². The van der Waals surface area contributed by atoms with Crippen molar-refractivity contribution in [2.24, 2.45) is 0 Å². The fourth-order valence-corrected chi connectivity index (χ4v) is 3.10. The van der Waals surface area contributed by atoms with Crippen LogP contribution >= 0.6 is 0 Å². The van der Waals surface area contributed by atoms with E-state index in [-0.39, 0.29) is 0 Å². The predicted molar refractivity (Wildman–Crippen MR) is 86.5 cm³/mol. The van der Waals surface area contributed by atoms with Crippen LogP contribution in [0.25, 0.3) is 0 Å². The van der Waals surface area contributed by atoms with Gasteiger partial charge in [0.25, 0.3) is 0 Å². The van der Waals surface area contributed by atoms with E-state index < -0.39 is 0 Å². The van der Waals surface area contributed by atoms with Crippen LogP contribution in [0.5, 0.6) is 0 Å². The van der Waals surface area contributed by atoms with Crippen molar-refractivity contribution in [3.8, 4) is 0 Å². The van der Waals surface area contributed by atoms with Gasteiger partial charge in [0.15, 0.2) is 0 Å². The second-order valence-corrected chi connectivity index (χ2v) is 5.86. The van der Waals surface area contributed by atoms with Crippen LogP contribution in [0.4, 0.5) is 5.69 Å². The lowest BCUT2D eigenvalue weighted by Gasteiger charge is -2.24. The quantitative estimate of drug-likeness (QED) is 0.819. The van der Waals surface area contributed by atoms with Gasteiger partial charge < -0.3 is 14.6 Å². The molecule has 112 valence electrons. The molecule has 0 bridgehead atoms. The lowest BCUT2D eigenvalue weighted by atomic mass is 10.1. The highest BCUT2D eigenvalue weighted by molar-refractivity contribution is 5.59. The number of benzene rings is 1. The van der Waals surface area contributed by atoms with Gasteiger partial charge in [0.1, 0.15) is 5.76 Å². The molecule has 1 aromatic heterocycles. The second-order valence-electron chi connectivity index (χ2n) is 5.86. The van der Waals surface area contributed by atoms with Gasteiger partial charge in [-0.3, -0.25) is 0 Å². The van der Waals surface area contributed by atoms with E-state index >= 15 is 0 Å². The summed E-state index contributed by atoms with van der Waals surface area (Å²) in [6.07, 6.45) is 4.09. The molecule has 0 radical (unpaired) electrons. The Morgan fingerprint density at radius 3 is 3.00 bits per heavy atom. The number of rotatable bonds is 6. The minimum atomic E-state index is 0.550. The summed E-state index contributed by atoms with van der Waals surface area (Å²) >= 11 is 0. The number of hydrogen-bond acceptors (Lipinski definition) is 3. The first-order valence-corrected chi connectivity index (χ1v) is 7.90. The van der Waals surface area contributed by atoms with E-state index in [1.165, 1.54) is 16.8 Å². The number of anilines is 1. The third-order valence-corrected chi connectivity index (χ3v) is 4.24. The monoisotopic (exact) mass is 284 g/mol. The van der Waals surface area contributed by atoms with Crippen molar-refractivity contribution in [1.29, 1.82) is 0 Å². The third-order valence-electron chi connectivity index (χ3n) is 4.24. The fraction of sp³-hybridized carbons (Fsp3) is 0.444. The smallest absolute Gasteiger partial charge is 0.122 e. The Hall–Kier alpha value is -1.74. The van der Waals surface area contributed by atoms with E-state index in [1.807, 2.05) is 6.26 Å². The highest BCUT2D eigenvalue weighted by Gasteiger charge is 2.26. The van der Waals surface area contributed by atoms with Crippen molar-refractivity contribution in [3.63, 3.8) is 0 Å². The summed E-state index contributed by atoms with van der Waals surface area (Å²) in [5.41, 5.74) is 4.12. The fourth-order valence-electron chi connectivity index (χ4n) is 3.10. The number of nitrogens with one attached hydrogen (secondary N) is 1. The Bertz CT molecular complexity index is 590. The summed E-state index contributed by atoms with van der Waals surface area (Å²) in [4.78, 5) is 2.49. The normalized spacial score (nSPS) is 17.2. The SMILES string of the molecule is CCCNCc1occc1CN1c2ccccc2CC1C. The minimum absolute atomic E-state index is 0.550. The van der Waals surface area contributed by atoms with Crippen molar-refractivity contribution in [1.82, 2.24) is 5.32 Å². The van der Waals surface area contributed by atoms with E-state index in [2.05, 4.69) is 54.4 Å². The molecule has 0 spiro atoms. The summed E-state index contributed by atoms with van der Waals surface area (Å²) in [6.45, 7) is 7.26. The molecule has 3 nitrogen and oxygen atoms in total. The van der Waals surface area contributed by atoms with Crippen LogP contribution in [0.3, 0.4) is 0 Å². The van der Waals surface area contributed by atoms with Crippen LogP contribution in [0.15, 0.2) is 41.0 Å². The first-order valence-electron chi connectivity index (χ1n) is 7.90. The Kier molecular flexibility index (Phi) is 4.30. The highest BCUT2D eigenvalue weighted by Crippen LogP contribution is 2.33. The molecule has 0 saturated carbocycles. The number of para-hydroxylation sites is 1. The third kappa shape index (κ3) is 2.98. The maximum absolute atomic E-state index is 5.66. The lowest BCUT2D eigenvalue weighted by molar-refractivity contribution is 0.477. The first-order chi connectivity index (χ1) is 10.3. The van der Waals surface area contributed by atoms with Gasteiger partial charge in [-0.1, -0.05) is 25.1 Å². The largest absolute Gasteiger partial charge is 0.468 e. The van der Waals surface area contributed by atoms with Crippen molar-refractivity contribution < 1.29 is 4.42 Å². The molecule has 1 aromatic carbocycles. The first kappa shape index (κ1) is 14.2. The number of nitrogens with zero attached hydrogens (tertiary/aromatic N) is 1. The summed E-state index contributed by atoms with van der Waals surface area (Å²) in [5.74, 6) is 1.07. The topological polar surface area (TPSA) is 28.4 Å². The zero-order valence-corrected chi connectivity index (χ0v) is 12.9. The van der Waals surface area contributed by atoms with Crippen molar-refractivity contribution >= 4 is 5.69 Å². The summed E-state index contributed by atoms with van der Waals surface area (Å²) in [6, 6.07) is 11.4. The highest BCUT2D eigenvalue weighted by atomic mass is 16.3. The molecule has 2 heterocycles. The van der Waals surface area contributed by atoms with E-state index in [4.69, 9.17) is 4.42 Å². The average Bonchev–Trinajstić information content (AvgIpc) is 3.05. The molecular formula is C18H24N2O. The lowest BCUT2D eigenvalue weighted by Crippen LogP contribution is -2.29. The van der Waals surface area contributed by atoms with Crippen molar-refractivity contribution in [3.05, 3.63) is 53.5 Å². The van der Waals surface area contributed by atoms with Crippen molar-refractivity contribution in [2.45, 2.75) is 45.8 Å². The van der Waals surface area contributed by atoms with E-state index in [1.54, 1.807) is 0 Å². The Labute approximate surface area is 127 Å². The maximum atomic E-state index is 5.66. The molecule has 2 aromatic rings. The van der Waals surface area contributed by atoms with Gasteiger partial charge in [0.2, 0.25) is 0 Å².